The van der Waals surface area contributed by atoms with Crippen LogP contribution in [-0.4, -0.2) is 16.5 Å². The van der Waals surface area contributed by atoms with Crippen molar-refractivity contribution in [2.24, 2.45) is 0 Å². The minimum Gasteiger partial charge on any atom is -0.494 e. The molecule has 0 aliphatic rings. The molecule has 0 aliphatic carbocycles. The summed E-state index contributed by atoms with van der Waals surface area (Å²) in [6.45, 7) is 2.79. The summed E-state index contributed by atoms with van der Waals surface area (Å²) in [4.78, 5) is 14.6. The Morgan fingerprint density at radius 2 is 2.20 bits per heavy atom. The van der Waals surface area contributed by atoms with Gasteiger partial charge in [0, 0.05) is 24.0 Å². The van der Waals surface area contributed by atoms with E-state index in [1.807, 2.05) is 25.1 Å². The molecule has 0 aliphatic heterocycles. The Labute approximate surface area is 116 Å². The van der Waals surface area contributed by atoms with E-state index in [1.165, 1.54) is 12.1 Å². The Kier molecular flexibility index (Phi) is 4.49. The van der Waals surface area contributed by atoms with Crippen molar-refractivity contribution >= 4 is 11.4 Å². The van der Waals surface area contributed by atoms with Crippen molar-refractivity contribution < 1.29 is 9.66 Å². The molecule has 2 aromatic rings. The maximum atomic E-state index is 10.9. The minimum absolute atomic E-state index is 0.000490. The Hall–Kier alpha value is -2.63. The van der Waals surface area contributed by atoms with Crippen molar-refractivity contribution in [3.8, 4) is 5.75 Å². The molecule has 0 unspecified atom stereocenters. The van der Waals surface area contributed by atoms with Crippen LogP contribution in [0.5, 0.6) is 5.75 Å². The number of ether oxygens (including phenoxy) is 1. The van der Waals surface area contributed by atoms with Crippen LogP contribution in [0.3, 0.4) is 0 Å². The molecule has 0 radical (unpaired) electrons. The summed E-state index contributed by atoms with van der Waals surface area (Å²) in [5.41, 5.74) is 1.49. The van der Waals surface area contributed by atoms with Gasteiger partial charge in [0.05, 0.1) is 29.8 Å². The number of rotatable bonds is 6. The Balaban J connectivity index is 2.15. The standard InChI is InChI=1S/C14H15N3O3/c1-2-20-14-8-12(7-13(9-14)17(18)19)16-10-11-5-3-4-6-15-11/h3-9,16H,2,10H2,1H3. The third-order valence-corrected chi connectivity index (χ3v) is 2.61. The normalized spacial score (nSPS) is 10.1. The molecule has 0 saturated heterocycles. The van der Waals surface area contributed by atoms with Crippen LogP contribution >= 0.6 is 0 Å². The molecule has 104 valence electrons. The minimum atomic E-state index is -0.436. The summed E-state index contributed by atoms with van der Waals surface area (Å²) in [6, 6.07) is 10.2. The molecule has 1 aromatic heterocycles. The van der Waals surface area contributed by atoms with E-state index in [0.717, 1.165) is 5.69 Å². The van der Waals surface area contributed by atoms with E-state index in [-0.39, 0.29) is 5.69 Å². The van der Waals surface area contributed by atoms with Crippen LogP contribution < -0.4 is 10.1 Å². The molecule has 0 bridgehead atoms. The number of anilines is 1. The fourth-order valence-electron chi connectivity index (χ4n) is 1.74. The zero-order chi connectivity index (χ0) is 14.4. The number of non-ortho nitro benzene ring substituents is 1. The SMILES string of the molecule is CCOc1cc(NCc2ccccn2)cc([N+](=O)[O-])c1. The molecule has 0 saturated carbocycles. The highest BCUT2D eigenvalue weighted by Gasteiger charge is 2.10. The van der Waals surface area contributed by atoms with Crippen molar-refractivity contribution in [2.75, 3.05) is 11.9 Å². The number of nitro benzene ring substituents is 1. The van der Waals surface area contributed by atoms with Crippen molar-refractivity contribution in [1.82, 2.24) is 4.98 Å². The Bertz CT molecular complexity index is 587. The topological polar surface area (TPSA) is 77.3 Å². The molecule has 20 heavy (non-hydrogen) atoms. The summed E-state index contributed by atoms with van der Waals surface area (Å²) in [7, 11) is 0. The zero-order valence-electron chi connectivity index (χ0n) is 11.1. The van der Waals surface area contributed by atoms with Crippen LogP contribution in [0.4, 0.5) is 11.4 Å². The number of pyridine rings is 1. The van der Waals surface area contributed by atoms with E-state index >= 15 is 0 Å². The van der Waals surface area contributed by atoms with Crippen LogP contribution in [-0.2, 0) is 6.54 Å². The molecular weight excluding hydrogens is 258 g/mol. The first-order valence-corrected chi connectivity index (χ1v) is 6.25. The van der Waals surface area contributed by atoms with Gasteiger partial charge in [-0.1, -0.05) is 6.07 Å². The van der Waals surface area contributed by atoms with Crippen molar-refractivity contribution in [1.29, 1.82) is 0 Å². The summed E-state index contributed by atoms with van der Waals surface area (Å²) in [5, 5.41) is 14.0. The van der Waals surface area contributed by atoms with Gasteiger partial charge >= 0.3 is 0 Å². The van der Waals surface area contributed by atoms with Crippen LogP contribution in [0, 0.1) is 10.1 Å². The average molecular weight is 273 g/mol. The number of benzene rings is 1. The predicted molar refractivity (Wildman–Crippen MR) is 75.8 cm³/mol. The second-order valence-electron chi connectivity index (χ2n) is 4.08. The molecule has 1 aromatic carbocycles. The van der Waals surface area contributed by atoms with Crippen LogP contribution in [0.2, 0.25) is 0 Å². The van der Waals surface area contributed by atoms with Gasteiger partial charge in [0.15, 0.2) is 0 Å². The van der Waals surface area contributed by atoms with Crippen LogP contribution in [0.1, 0.15) is 12.6 Å². The van der Waals surface area contributed by atoms with Gasteiger partial charge in [-0.2, -0.15) is 0 Å². The highest BCUT2D eigenvalue weighted by Crippen LogP contribution is 2.26. The van der Waals surface area contributed by atoms with Gasteiger partial charge in [0.1, 0.15) is 5.75 Å². The van der Waals surface area contributed by atoms with Crippen LogP contribution in [0.25, 0.3) is 0 Å². The van der Waals surface area contributed by atoms with Crippen molar-refractivity contribution in [3.05, 3.63) is 58.4 Å². The van der Waals surface area contributed by atoms with Gasteiger partial charge in [-0.15, -0.1) is 0 Å². The maximum Gasteiger partial charge on any atom is 0.275 e. The highest BCUT2D eigenvalue weighted by molar-refractivity contribution is 5.56. The maximum absolute atomic E-state index is 10.9. The lowest BCUT2D eigenvalue weighted by atomic mass is 10.2. The van der Waals surface area contributed by atoms with Gasteiger partial charge in [0.2, 0.25) is 0 Å². The van der Waals surface area contributed by atoms with Crippen molar-refractivity contribution in [2.45, 2.75) is 13.5 Å². The second kappa shape index (κ2) is 6.51. The third-order valence-electron chi connectivity index (χ3n) is 2.61. The number of nitrogens with one attached hydrogen (secondary N) is 1. The predicted octanol–water partition coefficient (Wildman–Crippen LogP) is 3.00. The molecule has 2 rings (SSSR count). The lowest BCUT2D eigenvalue weighted by molar-refractivity contribution is -0.384. The largest absolute Gasteiger partial charge is 0.494 e. The van der Waals surface area contributed by atoms with Gasteiger partial charge in [-0.25, -0.2) is 0 Å². The molecule has 0 spiro atoms. The number of nitro groups is 1. The summed E-state index contributed by atoms with van der Waals surface area (Å²) >= 11 is 0. The summed E-state index contributed by atoms with van der Waals surface area (Å²) in [6.07, 6.45) is 1.70. The van der Waals surface area contributed by atoms with Crippen LogP contribution in [0.15, 0.2) is 42.6 Å². The molecule has 6 nitrogen and oxygen atoms in total. The first-order chi connectivity index (χ1) is 9.69. The average Bonchev–Trinajstić information content (AvgIpc) is 2.46. The molecule has 1 N–H and O–H groups in total. The first kappa shape index (κ1) is 13.8. The first-order valence-electron chi connectivity index (χ1n) is 6.25. The van der Waals surface area contributed by atoms with E-state index in [2.05, 4.69) is 10.3 Å². The Morgan fingerprint density at radius 3 is 2.85 bits per heavy atom. The summed E-state index contributed by atoms with van der Waals surface area (Å²) in [5.74, 6) is 0.477. The van der Waals surface area contributed by atoms with Crippen molar-refractivity contribution in [3.63, 3.8) is 0 Å². The number of hydrogen-bond acceptors (Lipinski definition) is 5. The van der Waals surface area contributed by atoms with E-state index < -0.39 is 4.92 Å². The number of nitrogens with zero attached hydrogens (tertiary/aromatic N) is 2. The molecule has 6 heteroatoms. The van der Waals surface area contributed by atoms with E-state index in [4.69, 9.17) is 4.74 Å². The van der Waals surface area contributed by atoms with E-state index in [1.54, 1.807) is 12.3 Å². The molecule has 0 atom stereocenters. The molecule has 0 fully saturated rings. The molecular formula is C14H15N3O3. The lowest BCUT2D eigenvalue weighted by Crippen LogP contribution is -2.02. The molecule has 0 amide bonds. The zero-order valence-corrected chi connectivity index (χ0v) is 11.1. The van der Waals surface area contributed by atoms with Gasteiger partial charge in [-0.05, 0) is 19.1 Å². The Morgan fingerprint density at radius 1 is 1.35 bits per heavy atom. The summed E-state index contributed by atoms with van der Waals surface area (Å²) < 4.78 is 5.33. The third kappa shape index (κ3) is 3.68. The number of hydrogen-bond donors (Lipinski definition) is 1. The fourth-order valence-corrected chi connectivity index (χ4v) is 1.74. The number of aromatic nitrogens is 1. The van der Waals surface area contributed by atoms with E-state index in [0.29, 0.717) is 24.6 Å². The second-order valence-corrected chi connectivity index (χ2v) is 4.08. The highest BCUT2D eigenvalue weighted by atomic mass is 16.6. The molecule has 1 heterocycles. The van der Waals surface area contributed by atoms with E-state index in [9.17, 15) is 10.1 Å². The smallest absolute Gasteiger partial charge is 0.275 e. The quantitative estimate of drug-likeness (QED) is 0.646. The monoisotopic (exact) mass is 273 g/mol. The van der Waals surface area contributed by atoms with Gasteiger partial charge in [0.25, 0.3) is 5.69 Å². The van der Waals surface area contributed by atoms with Gasteiger partial charge in [-0.3, -0.25) is 15.1 Å². The lowest BCUT2D eigenvalue weighted by Gasteiger charge is -2.09. The van der Waals surface area contributed by atoms with Gasteiger partial charge < -0.3 is 10.1 Å². The fraction of sp³-hybridized carbons (Fsp3) is 0.214.